The zero-order valence-electron chi connectivity index (χ0n) is 25.5. The van der Waals surface area contributed by atoms with Crippen LogP contribution in [0.25, 0.3) is 5.82 Å². The molecule has 46 heavy (non-hydrogen) atoms. The highest BCUT2D eigenvalue weighted by molar-refractivity contribution is 7.90. The molecule has 2 fully saturated rings. The van der Waals surface area contributed by atoms with Crippen LogP contribution >= 0.6 is 11.6 Å². The first kappa shape index (κ1) is 33.9. The summed E-state index contributed by atoms with van der Waals surface area (Å²) in [5.41, 5.74) is -0.0153. The smallest absolute Gasteiger partial charge is 0.392 e. The van der Waals surface area contributed by atoms with Crippen molar-refractivity contribution in [2.24, 2.45) is 17.8 Å². The van der Waals surface area contributed by atoms with E-state index in [-0.39, 0.29) is 51.9 Å². The summed E-state index contributed by atoms with van der Waals surface area (Å²) in [6, 6.07) is 8.80. The number of nitrogens with one attached hydrogen (secondary N) is 3. The van der Waals surface area contributed by atoms with Crippen LogP contribution in [0.1, 0.15) is 62.7 Å². The Morgan fingerprint density at radius 1 is 1.15 bits per heavy atom. The van der Waals surface area contributed by atoms with Gasteiger partial charge < -0.3 is 15.4 Å². The van der Waals surface area contributed by atoms with E-state index in [4.69, 9.17) is 16.3 Å². The largest absolute Gasteiger partial charge is 0.477 e. The molecule has 250 valence electrons. The van der Waals surface area contributed by atoms with E-state index in [0.29, 0.717) is 31.1 Å². The van der Waals surface area contributed by atoms with Crippen molar-refractivity contribution in [3.63, 3.8) is 0 Å². The summed E-state index contributed by atoms with van der Waals surface area (Å²) in [6.45, 7) is 6.21. The minimum atomic E-state index is -4.32. The van der Waals surface area contributed by atoms with Crippen LogP contribution in [-0.2, 0) is 10.0 Å². The maximum Gasteiger partial charge on any atom is 0.392 e. The number of halogens is 4. The standard InChI is InChI=1S/C30H37ClF3N7O4S/c1-29(2)17-19(18-36-29)6-4-13-35-23-8-3-9-26(37-23)46(43,44)40-28(42)21-10-11-24(38-27(21)31)41-14-12-25(39-41)45-15-5-7-20-16-22(20)30(32,33)34/h3,8-12,14,19-20,22,36H,4-7,13,15-18H2,1-2H3,(H,35,37)(H,40,42)/t19-,20?,22?/m0/s1. The number of hydrogen-bond acceptors (Lipinski definition) is 9. The molecule has 2 unspecified atom stereocenters. The van der Waals surface area contributed by atoms with Gasteiger partial charge in [-0.15, -0.1) is 5.10 Å². The lowest BCUT2D eigenvalue weighted by atomic mass is 9.94. The van der Waals surface area contributed by atoms with E-state index in [1.54, 1.807) is 18.2 Å². The van der Waals surface area contributed by atoms with Gasteiger partial charge >= 0.3 is 6.18 Å². The Balaban J connectivity index is 1.10. The summed E-state index contributed by atoms with van der Waals surface area (Å²) in [5.74, 6) is -1.07. The Kier molecular flexibility index (Phi) is 10.1. The lowest BCUT2D eigenvalue weighted by molar-refractivity contribution is -0.151. The van der Waals surface area contributed by atoms with Crippen molar-refractivity contribution in [2.75, 3.05) is 25.0 Å². The molecule has 3 atom stereocenters. The highest BCUT2D eigenvalue weighted by atomic mass is 35.5. The van der Waals surface area contributed by atoms with Crippen LogP contribution < -0.4 is 20.1 Å². The first-order chi connectivity index (χ1) is 21.7. The molecule has 1 saturated carbocycles. The van der Waals surface area contributed by atoms with Crippen molar-refractivity contribution < 1.29 is 31.1 Å². The van der Waals surface area contributed by atoms with Gasteiger partial charge in [-0.2, -0.15) is 21.6 Å². The van der Waals surface area contributed by atoms with Crippen molar-refractivity contribution in [2.45, 2.75) is 69.1 Å². The normalized spacial score (nSPS) is 20.8. The minimum absolute atomic E-state index is 0.157. The summed E-state index contributed by atoms with van der Waals surface area (Å²) in [5, 5.41) is 10.3. The molecule has 0 spiro atoms. The maximum atomic E-state index is 13.0. The molecule has 3 N–H and O–H groups in total. The second kappa shape index (κ2) is 13.7. The number of hydrogen-bond donors (Lipinski definition) is 3. The zero-order chi connectivity index (χ0) is 33.1. The van der Waals surface area contributed by atoms with E-state index >= 15 is 0 Å². The number of pyridine rings is 2. The predicted octanol–water partition coefficient (Wildman–Crippen LogP) is 5.37. The van der Waals surface area contributed by atoms with Gasteiger partial charge in [-0.05, 0) is 95.0 Å². The number of carbonyl (C=O) groups excluding carboxylic acids is 1. The van der Waals surface area contributed by atoms with E-state index in [1.165, 1.54) is 29.1 Å². The first-order valence-corrected chi connectivity index (χ1v) is 17.0. The molecule has 3 aromatic heterocycles. The Bertz CT molecular complexity index is 1650. The number of carbonyl (C=O) groups is 1. The van der Waals surface area contributed by atoms with E-state index in [1.807, 2.05) is 4.72 Å². The Hall–Kier alpha value is -3.43. The van der Waals surface area contributed by atoms with Crippen LogP contribution in [0.15, 0.2) is 47.6 Å². The lowest BCUT2D eigenvalue weighted by Gasteiger charge is -2.17. The van der Waals surface area contributed by atoms with Crippen molar-refractivity contribution in [1.29, 1.82) is 0 Å². The molecule has 0 aromatic carbocycles. The van der Waals surface area contributed by atoms with Crippen LogP contribution in [-0.4, -0.2) is 65.5 Å². The third-order valence-corrected chi connectivity index (χ3v) is 9.70. The average Bonchev–Trinajstić information content (AvgIpc) is 3.49. The third kappa shape index (κ3) is 8.88. The molecule has 0 bridgehead atoms. The van der Waals surface area contributed by atoms with E-state index < -0.39 is 28.0 Å². The molecule has 16 heteroatoms. The lowest BCUT2D eigenvalue weighted by Crippen LogP contribution is -2.31. The number of rotatable bonds is 14. The molecular formula is C30H37ClF3N7O4S. The number of sulfonamides is 1. The Morgan fingerprint density at radius 2 is 1.96 bits per heavy atom. The highest BCUT2D eigenvalue weighted by Crippen LogP contribution is 2.52. The van der Waals surface area contributed by atoms with Crippen LogP contribution in [0.3, 0.4) is 0 Å². The molecule has 11 nitrogen and oxygen atoms in total. The van der Waals surface area contributed by atoms with Crippen LogP contribution in [0.2, 0.25) is 5.15 Å². The SMILES string of the molecule is CC1(C)C[C@H](CCCNc2cccc(S(=O)(=O)NC(=O)c3ccc(-n4ccc(OCCCC5CC5C(F)(F)F)n4)nc3Cl)n2)CN1. The molecule has 1 aliphatic heterocycles. The van der Waals surface area contributed by atoms with Gasteiger partial charge in [-0.3, -0.25) is 4.79 Å². The molecule has 3 aromatic rings. The third-order valence-electron chi connectivity index (χ3n) is 8.18. The fourth-order valence-electron chi connectivity index (χ4n) is 5.71. The predicted molar refractivity (Wildman–Crippen MR) is 166 cm³/mol. The number of amides is 1. The van der Waals surface area contributed by atoms with Crippen LogP contribution in [0.4, 0.5) is 19.0 Å². The molecule has 0 radical (unpaired) electrons. The summed E-state index contributed by atoms with van der Waals surface area (Å²) in [4.78, 5) is 21.2. The monoisotopic (exact) mass is 683 g/mol. The molecule has 4 heterocycles. The quantitative estimate of drug-likeness (QED) is 0.151. The Morgan fingerprint density at radius 3 is 2.65 bits per heavy atom. The molecular weight excluding hydrogens is 647 g/mol. The van der Waals surface area contributed by atoms with Crippen molar-refractivity contribution in [3.8, 4) is 11.7 Å². The van der Waals surface area contributed by atoms with Gasteiger partial charge in [-0.25, -0.2) is 19.4 Å². The Labute approximate surface area is 270 Å². The molecule has 5 rings (SSSR count). The van der Waals surface area contributed by atoms with Crippen LogP contribution in [0, 0.1) is 17.8 Å². The summed E-state index contributed by atoms with van der Waals surface area (Å²) in [6.07, 6.45) is 1.53. The topological polar surface area (TPSA) is 140 Å². The second-order valence-corrected chi connectivity index (χ2v) is 14.4. The summed E-state index contributed by atoms with van der Waals surface area (Å²) in [7, 11) is -4.32. The van der Waals surface area contributed by atoms with E-state index in [2.05, 4.69) is 39.5 Å². The van der Waals surface area contributed by atoms with Gasteiger partial charge in [0.15, 0.2) is 10.8 Å². The maximum absolute atomic E-state index is 13.0. The molecule has 1 saturated heterocycles. The second-order valence-electron chi connectivity index (χ2n) is 12.4. The van der Waals surface area contributed by atoms with E-state index in [9.17, 15) is 26.4 Å². The first-order valence-electron chi connectivity index (χ1n) is 15.2. The molecule has 1 amide bonds. The summed E-state index contributed by atoms with van der Waals surface area (Å²) < 4.78 is 72.8. The molecule has 1 aliphatic carbocycles. The van der Waals surface area contributed by atoms with Crippen molar-refractivity contribution in [1.82, 2.24) is 29.8 Å². The van der Waals surface area contributed by atoms with Crippen LogP contribution in [0.5, 0.6) is 5.88 Å². The van der Waals surface area contributed by atoms with Gasteiger partial charge in [0.2, 0.25) is 5.88 Å². The zero-order valence-corrected chi connectivity index (χ0v) is 27.1. The number of nitrogens with zero attached hydrogens (tertiary/aromatic N) is 4. The number of ether oxygens (including phenoxy) is 1. The summed E-state index contributed by atoms with van der Waals surface area (Å²) >= 11 is 6.25. The number of aromatic nitrogens is 4. The van der Waals surface area contributed by atoms with Gasteiger partial charge in [0, 0.05) is 24.3 Å². The minimum Gasteiger partial charge on any atom is -0.477 e. The number of alkyl halides is 3. The van der Waals surface area contributed by atoms with Gasteiger partial charge in [-0.1, -0.05) is 17.7 Å². The van der Waals surface area contributed by atoms with Gasteiger partial charge in [0.05, 0.1) is 18.1 Å². The van der Waals surface area contributed by atoms with E-state index in [0.717, 1.165) is 25.8 Å². The molecule has 2 aliphatic rings. The average molecular weight is 684 g/mol. The van der Waals surface area contributed by atoms with Crippen molar-refractivity contribution in [3.05, 3.63) is 53.3 Å². The fourth-order valence-corrected chi connectivity index (χ4v) is 6.88. The van der Waals surface area contributed by atoms with Gasteiger partial charge in [0.1, 0.15) is 11.0 Å². The highest BCUT2D eigenvalue weighted by Gasteiger charge is 2.54. The fraction of sp³-hybridized carbons (Fsp3) is 0.533. The number of anilines is 1. The van der Waals surface area contributed by atoms with Crippen molar-refractivity contribution >= 4 is 33.3 Å². The van der Waals surface area contributed by atoms with Gasteiger partial charge in [0.25, 0.3) is 15.9 Å².